The first kappa shape index (κ1) is 15.9. The summed E-state index contributed by atoms with van der Waals surface area (Å²) in [5.41, 5.74) is 2.89. The zero-order valence-electron chi connectivity index (χ0n) is 11.5. The van der Waals surface area contributed by atoms with Crippen molar-refractivity contribution in [1.29, 1.82) is 0 Å². The molecule has 0 saturated heterocycles. The number of ether oxygens (including phenoxy) is 1. The molecule has 0 aromatic rings. The second-order valence-corrected chi connectivity index (χ2v) is 5.22. The number of methoxy groups -OCH3 is 1. The van der Waals surface area contributed by atoms with Gasteiger partial charge >= 0.3 is 0 Å². The first-order valence-corrected chi connectivity index (χ1v) is 6.57. The highest BCUT2D eigenvalue weighted by atomic mass is 16.5. The smallest absolute Gasteiger partial charge is 0.0623 e. The summed E-state index contributed by atoms with van der Waals surface area (Å²) in [7, 11) is 1.77. The van der Waals surface area contributed by atoms with Crippen LogP contribution in [-0.2, 0) is 4.74 Å². The molecule has 0 aliphatic rings. The molecular weight excluding hydrogens is 200 g/mol. The molecule has 0 aromatic heterocycles. The molecule has 0 radical (unpaired) electrons. The van der Waals surface area contributed by atoms with Gasteiger partial charge in [0.15, 0.2) is 0 Å². The molecule has 0 saturated carbocycles. The number of hydrazine groups is 1. The molecule has 3 N–H and O–H groups in total. The average Bonchev–Trinajstić information content (AvgIpc) is 2.28. The van der Waals surface area contributed by atoms with Crippen LogP contribution >= 0.6 is 0 Å². The van der Waals surface area contributed by atoms with Crippen molar-refractivity contribution in [1.82, 2.24) is 5.43 Å². The fourth-order valence-corrected chi connectivity index (χ4v) is 1.75. The maximum absolute atomic E-state index is 5.57. The number of rotatable bonds is 10. The summed E-state index contributed by atoms with van der Waals surface area (Å²) in [6.45, 7) is 6.48. The van der Waals surface area contributed by atoms with Crippen molar-refractivity contribution in [2.75, 3.05) is 7.11 Å². The van der Waals surface area contributed by atoms with Gasteiger partial charge < -0.3 is 4.74 Å². The minimum atomic E-state index is -0.0292. The molecule has 0 heterocycles. The minimum Gasteiger partial charge on any atom is -0.379 e. The molecule has 0 bridgehead atoms. The molecule has 0 aliphatic heterocycles. The van der Waals surface area contributed by atoms with Gasteiger partial charge in [0.25, 0.3) is 0 Å². The summed E-state index contributed by atoms with van der Waals surface area (Å²) in [5.74, 6) is 5.57. The van der Waals surface area contributed by atoms with Crippen LogP contribution in [0.25, 0.3) is 0 Å². The molecular formula is C13H30N2O. The quantitative estimate of drug-likeness (QED) is 0.344. The van der Waals surface area contributed by atoms with Crippen LogP contribution in [0.4, 0.5) is 0 Å². The number of hydrogen-bond donors (Lipinski definition) is 2. The van der Waals surface area contributed by atoms with Crippen molar-refractivity contribution in [3.8, 4) is 0 Å². The lowest BCUT2D eigenvalue weighted by atomic mass is 9.96. The third kappa shape index (κ3) is 8.08. The lowest BCUT2D eigenvalue weighted by Crippen LogP contribution is -2.37. The molecule has 1 unspecified atom stereocenters. The maximum Gasteiger partial charge on any atom is 0.0623 e. The Kier molecular flexibility index (Phi) is 8.90. The van der Waals surface area contributed by atoms with E-state index in [-0.39, 0.29) is 5.60 Å². The van der Waals surface area contributed by atoms with Crippen LogP contribution in [-0.4, -0.2) is 18.8 Å². The molecule has 1 atom stereocenters. The Balaban J connectivity index is 3.66. The van der Waals surface area contributed by atoms with Gasteiger partial charge in [-0.25, -0.2) is 0 Å². The number of hydrogen-bond acceptors (Lipinski definition) is 3. The number of unbranched alkanes of at least 4 members (excludes halogenated alkanes) is 3. The normalized spacial score (nSPS) is 14.1. The Morgan fingerprint density at radius 3 is 2.38 bits per heavy atom. The molecule has 0 amide bonds. The number of nitrogens with two attached hydrogens (primary N) is 1. The van der Waals surface area contributed by atoms with Gasteiger partial charge in [-0.3, -0.25) is 11.3 Å². The predicted octanol–water partition coefficient (Wildman–Crippen LogP) is 2.99. The van der Waals surface area contributed by atoms with E-state index in [0.717, 1.165) is 12.8 Å². The highest BCUT2D eigenvalue weighted by Gasteiger charge is 2.18. The van der Waals surface area contributed by atoms with E-state index >= 15 is 0 Å². The van der Waals surface area contributed by atoms with Crippen molar-refractivity contribution < 1.29 is 4.74 Å². The Labute approximate surface area is 101 Å². The summed E-state index contributed by atoms with van der Waals surface area (Å²) in [5, 5.41) is 0. The van der Waals surface area contributed by atoms with Gasteiger partial charge in [0.2, 0.25) is 0 Å². The predicted molar refractivity (Wildman–Crippen MR) is 70.2 cm³/mol. The molecule has 0 spiro atoms. The summed E-state index contributed by atoms with van der Waals surface area (Å²) in [6.07, 6.45) is 8.53. The van der Waals surface area contributed by atoms with Crippen LogP contribution in [0.3, 0.4) is 0 Å². The lowest BCUT2D eigenvalue weighted by Gasteiger charge is -2.25. The Morgan fingerprint density at radius 1 is 1.19 bits per heavy atom. The van der Waals surface area contributed by atoms with Crippen molar-refractivity contribution in [3.63, 3.8) is 0 Å². The van der Waals surface area contributed by atoms with Gasteiger partial charge in [0.1, 0.15) is 0 Å². The molecule has 3 heteroatoms. The summed E-state index contributed by atoms with van der Waals surface area (Å²) in [6, 6.07) is 0.436. The van der Waals surface area contributed by atoms with Crippen molar-refractivity contribution in [2.24, 2.45) is 5.84 Å². The van der Waals surface area contributed by atoms with E-state index in [1.54, 1.807) is 7.11 Å². The maximum atomic E-state index is 5.57. The van der Waals surface area contributed by atoms with Gasteiger partial charge in [-0.1, -0.05) is 32.6 Å². The van der Waals surface area contributed by atoms with Crippen LogP contribution in [0, 0.1) is 0 Å². The van der Waals surface area contributed by atoms with Gasteiger partial charge in [-0.15, -0.1) is 0 Å². The van der Waals surface area contributed by atoms with Crippen LogP contribution < -0.4 is 11.3 Å². The van der Waals surface area contributed by atoms with E-state index in [2.05, 4.69) is 26.2 Å². The van der Waals surface area contributed by atoms with Crippen LogP contribution in [0.1, 0.15) is 65.7 Å². The fraction of sp³-hybridized carbons (Fsp3) is 1.00. The minimum absolute atomic E-state index is 0.0292. The summed E-state index contributed by atoms with van der Waals surface area (Å²) >= 11 is 0. The second-order valence-electron chi connectivity index (χ2n) is 5.22. The summed E-state index contributed by atoms with van der Waals surface area (Å²) < 4.78 is 5.41. The molecule has 3 nitrogen and oxygen atoms in total. The SMILES string of the molecule is CCCCCCC(CCC(C)(C)OC)NN. The zero-order chi connectivity index (χ0) is 12.4. The number of nitrogens with one attached hydrogen (secondary N) is 1. The van der Waals surface area contributed by atoms with Crippen LogP contribution in [0.5, 0.6) is 0 Å². The third-order valence-corrected chi connectivity index (χ3v) is 3.29. The van der Waals surface area contributed by atoms with E-state index in [0.29, 0.717) is 6.04 Å². The first-order valence-electron chi connectivity index (χ1n) is 6.57. The Morgan fingerprint density at radius 2 is 1.88 bits per heavy atom. The van der Waals surface area contributed by atoms with Crippen molar-refractivity contribution >= 4 is 0 Å². The topological polar surface area (TPSA) is 47.3 Å². The van der Waals surface area contributed by atoms with Crippen LogP contribution in [0.2, 0.25) is 0 Å². The molecule has 0 fully saturated rings. The van der Waals surface area contributed by atoms with E-state index in [1.165, 1.54) is 32.1 Å². The van der Waals surface area contributed by atoms with Gasteiger partial charge in [0.05, 0.1) is 5.60 Å². The van der Waals surface area contributed by atoms with Crippen molar-refractivity contribution in [3.05, 3.63) is 0 Å². The van der Waals surface area contributed by atoms with E-state index in [1.807, 2.05) is 0 Å². The molecule has 0 aliphatic carbocycles. The third-order valence-electron chi connectivity index (χ3n) is 3.29. The molecule has 0 aromatic carbocycles. The highest BCUT2D eigenvalue weighted by Crippen LogP contribution is 2.18. The standard InChI is InChI=1S/C13H30N2O/c1-5-6-7-8-9-12(15-14)10-11-13(2,3)16-4/h12,15H,5-11,14H2,1-4H3. The monoisotopic (exact) mass is 230 g/mol. The van der Waals surface area contributed by atoms with Gasteiger partial charge in [0, 0.05) is 13.2 Å². The average molecular weight is 230 g/mol. The highest BCUT2D eigenvalue weighted by molar-refractivity contribution is 4.73. The van der Waals surface area contributed by atoms with Crippen molar-refractivity contribution in [2.45, 2.75) is 77.4 Å². The Bertz CT molecular complexity index is 160. The van der Waals surface area contributed by atoms with E-state index in [9.17, 15) is 0 Å². The van der Waals surface area contributed by atoms with Gasteiger partial charge in [-0.05, 0) is 33.1 Å². The lowest BCUT2D eigenvalue weighted by molar-refractivity contribution is 0.0115. The van der Waals surface area contributed by atoms with E-state index in [4.69, 9.17) is 10.6 Å². The fourth-order valence-electron chi connectivity index (χ4n) is 1.75. The molecule has 16 heavy (non-hydrogen) atoms. The first-order chi connectivity index (χ1) is 7.55. The van der Waals surface area contributed by atoms with Crippen LogP contribution in [0.15, 0.2) is 0 Å². The second kappa shape index (κ2) is 8.97. The van der Waals surface area contributed by atoms with E-state index < -0.39 is 0 Å². The summed E-state index contributed by atoms with van der Waals surface area (Å²) in [4.78, 5) is 0. The van der Waals surface area contributed by atoms with Gasteiger partial charge in [-0.2, -0.15) is 0 Å². The zero-order valence-corrected chi connectivity index (χ0v) is 11.5. The molecule has 98 valence electrons. The Hall–Kier alpha value is -0.120. The largest absolute Gasteiger partial charge is 0.379 e. The molecule has 0 rings (SSSR count).